The highest BCUT2D eigenvalue weighted by Gasteiger charge is 2.17. The lowest BCUT2D eigenvalue weighted by Gasteiger charge is -2.18. The molecular formula is C15H13Br2ClN2O. The fourth-order valence-electron chi connectivity index (χ4n) is 1.93. The highest BCUT2D eigenvalue weighted by molar-refractivity contribution is 9.10. The quantitative estimate of drug-likeness (QED) is 0.680. The van der Waals surface area contributed by atoms with Gasteiger partial charge in [0.1, 0.15) is 5.15 Å². The second-order valence-corrected chi connectivity index (χ2v) is 6.67. The van der Waals surface area contributed by atoms with E-state index in [1.165, 1.54) is 0 Å². The SMILES string of the molecule is CCC(NC(=O)c1cc(Br)cnc1Cl)c1ccc(Br)cc1. The standard InChI is InChI=1S/C15H13Br2ClN2O/c1-2-13(9-3-5-10(16)6-4-9)20-15(21)12-7-11(17)8-19-14(12)18/h3-8,13H,2H2,1H3,(H,20,21). The minimum atomic E-state index is -0.233. The third kappa shape index (κ3) is 4.28. The average Bonchev–Trinajstić information content (AvgIpc) is 2.48. The van der Waals surface area contributed by atoms with Gasteiger partial charge in [-0.2, -0.15) is 0 Å². The number of hydrogen-bond acceptors (Lipinski definition) is 2. The van der Waals surface area contributed by atoms with E-state index in [4.69, 9.17) is 11.6 Å². The summed E-state index contributed by atoms with van der Waals surface area (Å²) in [4.78, 5) is 16.3. The molecule has 1 aromatic carbocycles. The molecule has 0 spiro atoms. The lowest BCUT2D eigenvalue weighted by molar-refractivity contribution is 0.0935. The molecule has 1 aromatic heterocycles. The summed E-state index contributed by atoms with van der Waals surface area (Å²) in [5.74, 6) is -0.233. The molecule has 0 aliphatic rings. The van der Waals surface area contributed by atoms with Gasteiger partial charge in [0.25, 0.3) is 5.91 Å². The van der Waals surface area contributed by atoms with E-state index < -0.39 is 0 Å². The van der Waals surface area contributed by atoms with Crippen molar-refractivity contribution >= 4 is 49.4 Å². The van der Waals surface area contributed by atoms with E-state index >= 15 is 0 Å². The minimum Gasteiger partial charge on any atom is -0.345 e. The zero-order valence-electron chi connectivity index (χ0n) is 11.2. The second-order valence-electron chi connectivity index (χ2n) is 4.48. The Morgan fingerprint density at radius 2 is 1.95 bits per heavy atom. The Kier molecular flexibility index (Phi) is 5.79. The van der Waals surface area contributed by atoms with Gasteiger partial charge in [0.05, 0.1) is 11.6 Å². The van der Waals surface area contributed by atoms with Crippen LogP contribution >= 0.6 is 43.5 Å². The van der Waals surface area contributed by atoms with Crippen LogP contribution < -0.4 is 5.32 Å². The first kappa shape index (κ1) is 16.5. The van der Waals surface area contributed by atoms with Crippen LogP contribution in [-0.2, 0) is 0 Å². The Labute approximate surface area is 145 Å². The molecule has 2 aromatic rings. The molecule has 0 aliphatic carbocycles. The van der Waals surface area contributed by atoms with Gasteiger partial charge in [-0.1, -0.05) is 46.6 Å². The van der Waals surface area contributed by atoms with Crippen molar-refractivity contribution in [3.63, 3.8) is 0 Å². The summed E-state index contributed by atoms with van der Waals surface area (Å²) >= 11 is 12.7. The number of benzene rings is 1. The Morgan fingerprint density at radius 3 is 2.57 bits per heavy atom. The van der Waals surface area contributed by atoms with Gasteiger partial charge in [-0.15, -0.1) is 0 Å². The van der Waals surface area contributed by atoms with Gasteiger partial charge in [0, 0.05) is 15.1 Å². The molecule has 6 heteroatoms. The molecule has 0 radical (unpaired) electrons. The fourth-order valence-corrected chi connectivity index (χ4v) is 2.72. The van der Waals surface area contributed by atoms with Crippen molar-refractivity contribution in [1.82, 2.24) is 10.3 Å². The van der Waals surface area contributed by atoms with E-state index in [2.05, 4.69) is 42.2 Å². The zero-order chi connectivity index (χ0) is 15.4. The van der Waals surface area contributed by atoms with Crippen molar-refractivity contribution in [1.29, 1.82) is 0 Å². The van der Waals surface area contributed by atoms with E-state index in [0.29, 0.717) is 10.0 Å². The van der Waals surface area contributed by atoms with Gasteiger partial charge < -0.3 is 5.32 Å². The van der Waals surface area contributed by atoms with Gasteiger partial charge in [-0.25, -0.2) is 4.98 Å². The van der Waals surface area contributed by atoms with Crippen molar-refractivity contribution in [2.75, 3.05) is 0 Å². The Morgan fingerprint density at radius 1 is 1.29 bits per heavy atom. The number of amides is 1. The highest BCUT2D eigenvalue weighted by Crippen LogP contribution is 2.22. The van der Waals surface area contributed by atoms with Gasteiger partial charge in [-0.05, 0) is 46.1 Å². The predicted octanol–water partition coefficient (Wildman–Crippen LogP) is 5.14. The van der Waals surface area contributed by atoms with Gasteiger partial charge >= 0.3 is 0 Å². The maximum atomic E-state index is 12.4. The molecule has 0 aliphatic heterocycles. The number of rotatable bonds is 4. The number of halogens is 3. The monoisotopic (exact) mass is 430 g/mol. The summed E-state index contributed by atoms with van der Waals surface area (Å²) in [6, 6.07) is 9.48. The number of aromatic nitrogens is 1. The van der Waals surface area contributed by atoms with Crippen LogP contribution in [0.1, 0.15) is 35.3 Å². The van der Waals surface area contributed by atoms with Crippen molar-refractivity contribution in [2.45, 2.75) is 19.4 Å². The van der Waals surface area contributed by atoms with Crippen LogP contribution in [-0.4, -0.2) is 10.9 Å². The van der Waals surface area contributed by atoms with Crippen molar-refractivity contribution < 1.29 is 4.79 Å². The summed E-state index contributed by atoms with van der Waals surface area (Å²) in [7, 11) is 0. The maximum Gasteiger partial charge on any atom is 0.254 e. The molecular weight excluding hydrogens is 419 g/mol. The fraction of sp³-hybridized carbons (Fsp3) is 0.200. The van der Waals surface area contributed by atoms with Gasteiger partial charge in [0.2, 0.25) is 0 Å². The predicted molar refractivity (Wildman–Crippen MR) is 91.6 cm³/mol. The van der Waals surface area contributed by atoms with E-state index in [1.54, 1.807) is 12.3 Å². The smallest absolute Gasteiger partial charge is 0.254 e. The first-order valence-electron chi connectivity index (χ1n) is 6.38. The number of pyridine rings is 1. The van der Waals surface area contributed by atoms with Crippen molar-refractivity contribution in [3.8, 4) is 0 Å². The molecule has 1 heterocycles. The molecule has 3 nitrogen and oxygen atoms in total. The van der Waals surface area contributed by atoms with Crippen molar-refractivity contribution in [3.05, 3.63) is 61.8 Å². The summed E-state index contributed by atoms with van der Waals surface area (Å²) < 4.78 is 1.72. The van der Waals surface area contributed by atoms with Crippen LogP contribution in [0.5, 0.6) is 0 Å². The third-order valence-electron chi connectivity index (χ3n) is 3.04. The molecule has 1 atom stereocenters. The first-order valence-corrected chi connectivity index (χ1v) is 8.35. The lowest BCUT2D eigenvalue weighted by Crippen LogP contribution is -2.28. The zero-order valence-corrected chi connectivity index (χ0v) is 15.2. The first-order chi connectivity index (χ1) is 10.0. The van der Waals surface area contributed by atoms with Crippen LogP contribution in [0.4, 0.5) is 0 Å². The average molecular weight is 433 g/mol. The molecule has 1 unspecified atom stereocenters. The number of nitrogens with zero attached hydrogens (tertiary/aromatic N) is 1. The largest absolute Gasteiger partial charge is 0.345 e. The highest BCUT2D eigenvalue weighted by atomic mass is 79.9. The number of nitrogens with one attached hydrogen (secondary N) is 1. The molecule has 21 heavy (non-hydrogen) atoms. The van der Waals surface area contributed by atoms with Crippen LogP contribution in [0.25, 0.3) is 0 Å². The molecule has 0 bridgehead atoms. The van der Waals surface area contributed by atoms with Crippen molar-refractivity contribution in [2.24, 2.45) is 0 Å². The molecule has 0 saturated heterocycles. The normalized spacial score (nSPS) is 12.0. The third-order valence-corrected chi connectivity index (χ3v) is 4.30. The van der Waals surface area contributed by atoms with E-state index in [9.17, 15) is 4.79 Å². The molecule has 2 rings (SSSR count). The summed E-state index contributed by atoms with van der Waals surface area (Å²) in [6.45, 7) is 2.02. The molecule has 1 N–H and O–H groups in total. The summed E-state index contributed by atoms with van der Waals surface area (Å²) in [5, 5.41) is 3.18. The Hall–Kier alpha value is -0.910. The second kappa shape index (κ2) is 7.38. The summed E-state index contributed by atoms with van der Waals surface area (Å²) in [5.41, 5.74) is 1.41. The lowest BCUT2D eigenvalue weighted by atomic mass is 10.0. The molecule has 0 saturated carbocycles. The Balaban J connectivity index is 2.20. The van der Waals surface area contributed by atoms with Gasteiger partial charge in [0.15, 0.2) is 0 Å². The topological polar surface area (TPSA) is 42.0 Å². The van der Waals surface area contributed by atoms with Crippen LogP contribution in [0.2, 0.25) is 5.15 Å². The molecule has 1 amide bonds. The maximum absolute atomic E-state index is 12.4. The number of carbonyl (C=O) groups is 1. The minimum absolute atomic E-state index is 0.0688. The molecule has 0 fully saturated rings. The van der Waals surface area contributed by atoms with Crippen LogP contribution in [0.3, 0.4) is 0 Å². The van der Waals surface area contributed by atoms with Gasteiger partial charge in [-0.3, -0.25) is 4.79 Å². The van der Waals surface area contributed by atoms with Crippen LogP contribution in [0.15, 0.2) is 45.5 Å². The Bertz CT molecular complexity index is 647. The summed E-state index contributed by atoms with van der Waals surface area (Å²) in [6.07, 6.45) is 2.34. The number of hydrogen-bond donors (Lipinski definition) is 1. The molecule has 110 valence electrons. The van der Waals surface area contributed by atoms with E-state index in [-0.39, 0.29) is 17.1 Å². The van der Waals surface area contributed by atoms with E-state index in [1.807, 2.05) is 31.2 Å². The number of carbonyl (C=O) groups excluding carboxylic acids is 1. The van der Waals surface area contributed by atoms with Crippen LogP contribution in [0, 0.1) is 0 Å². The van der Waals surface area contributed by atoms with E-state index in [0.717, 1.165) is 16.5 Å².